The van der Waals surface area contributed by atoms with Crippen LogP contribution >= 0.6 is 0 Å². The molecule has 1 unspecified atom stereocenters. The molecule has 11 heteroatoms. The molecule has 2 aliphatic rings. The van der Waals surface area contributed by atoms with E-state index >= 15 is 0 Å². The highest BCUT2D eigenvalue weighted by atomic mass is 19.1. The predicted molar refractivity (Wildman–Crippen MR) is 129 cm³/mol. The average molecular weight is 486 g/mol. The van der Waals surface area contributed by atoms with Crippen molar-refractivity contribution < 1.29 is 18.7 Å². The first-order valence-corrected chi connectivity index (χ1v) is 12.0. The number of nitrogens with one attached hydrogen (secondary N) is 1. The van der Waals surface area contributed by atoms with Gasteiger partial charge in [-0.1, -0.05) is 0 Å². The number of hydrogen-bond donors (Lipinski definition) is 1. The van der Waals surface area contributed by atoms with Crippen molar-refractivity contribution >= 4 is 23.6 Å². The van der Waals surface area contributed by atoms with Gasteiger partial charge in [-0.25, -0.2) is 14.4 Å². The van der Waals surface area contributed by atoms with Crippen LogP contribution in [-0.4, -0.2) is 75.4 Å². The minimum Gasteiger partial charge on any atom is -0.476 e. The lowest BCUT2D eigenvalue weighted by Gasteiger charge is -2.34. The SMILES string of the molecule is CCOc1ncc(C(C)Nc2nc(N3CCN(C(C)=O)CC3)nc3c2CN(C(C)C)C3=O)cc1F. The van der Waals surface area contributed by atoms with Crippen LogP contribution in [0.3, 0.4) is 0 Å². The zero-order valence-corrected chi connectivity index (χ0v) is 20.8. The minimum atomic E-state index is -0.531. The van der Waals surface area contributed by atoms with Gasteiger partial charge in [0, 0.05) is 50.9 Å². The third-order valence-corrected chi connectivity index (χ3v) is 6.38. The number of piperazine rings is 1. The third kappa shape index (κ3) is 4.98. The number of nitrogens with zero attached hydrogens (tertiary/aromatic N) is 6. The van der Waals surface area contributed by atoms with Crippen molar-refractivity contribution in [3.8, 4) is 5.88 Å². The summed E-state index contributed by atoms with van der Waals surface area (Å²) in [5.41, 5.74) is 1.73. The van der Waals surface area contributed by atoms with Crippen molar-refractivity contribution in [1.29, 1.82) is 0 Å². The van der Waals surface area contributed by atoms with E-state index in [-0.39, 0.29) is 29.8 Å². The highest BCUT2D eigenvalue weighted by Gasteiger charge is 2.35. The maximum absolute atomic E-state index is 14.4. The smallest absolute Gasteiger partial charge is 0.273 e. The number of anilines is 2. The number of pyridine rings is 1. The summed E-state index contributed by atoms with van der Waals surface area (Å²) in [4.78, 5) is 43.9. The van der Waals surface area contributed by atoms with Gasteiger partial charge in [-0.15, -0.1) is 0 Å². The van der Waals surface area contributed by atoms with Crippen LogP contribution in [0, 0.1) is 5.82 Å². The van der Waals surface area contributed by atoms with Crippen molar-refractivity contribution in [3.05, 3.63) is 34.9 Å². The van der Waals surface area contributed by atoms with Crippen LogP contribution in [0.1, 0.15) is 62.3 Å². The molecule has 2 aromatic heterocycles. The minimum absolute atomic E-state index is 0.00828. The molecule has 0 saturated carbocycles. The third-order valence-electron chi connectivity index (χ3n) is 6.38. The molecule has 2 aliphatic heterocycles. The Hall–Kier alpha value is -3.50. The van der Waals surface area contributed by atoms with Gasteiger partial charge in [0.25, 0.3) is 5.91 Å². The molecule has 188 valence electrons. The quantitative estimate of drug-likeness (QED) is 0.638. The molecule has 2 amide bonds. The van der Waals surface area contributed by atoms with Gasteiger partial charge in [0.15, 0.2) is 5.82 Å². The Morgan fingerprint density at radius 1 is 1.20 bits per heavy atom. The maximum Gasteiger partial charge on any atom is 0.273 e. The van der Waals surface area contributed by atoms with E-state index in [4.69, 9.17) is 9.72 Å². The van der Waals surface area contributed by atoms with Crippen molar-refractivity contribution in [3.63, 3.8) is 0 Å². The van der Waals surface area contributed by atoms with E-state index in [0.717, 1.165) is 5.56 Å². The summed E-state index contributed by atoms with van der Waals surface area (Å²) in [6, 6.07) is 1.07. The summed E-state index contributed by atoms with van der Waals surface area (Å²) < 4.78 is 19.6. The Balaban J connectivity index is 1.64. The maximum atomic E-state index is 14.4. The Morgan fingerprint density at radius 2 is 1.91 bits per heavy atom. The van der Waals surface area contributed by atoms with E-state index in [1.807, 2.05) is 25.7 Å². The zero-order valence-electron chi connectivity index (χ0n) is 20.8. The summed E-state index contributed by atoms with van der Waals surface area (Å²) in [7, 11) is 0. The molecule has 35 heavy (non-hydrogen) atoms. The second kappa shape index (κ2) is 10.0. The summed E-state index contributed by atoms with van der Waals surface area (Å²) in [5.74, 6) is 0.321. The summed E-state index contributed by atoms with van der Waals surface area (Å²) >= 11 is 0. The highest BCUT2D eigenvalue weighted by molar-refractivity contribution is 5.98. The molecule has 0 radical (unpaired) electrons. The van der Waals surface area contributed by atoms with Gasteiger partial charge >= 0.3 is 0 Å². The molecule has 0 bridgehead atoms. The lowest BCUT2D eigenvalue weighted by atomic mass is 10.1. The average Bonchev–Trinajstić information content (AvgIpc) is 3.17. The van der Waals surface area contributed by atoms with Crippen LogP contribution in [0.25, 0.3) is 0 Å². The van der Waals surface area contributed by atoms with Crippen LogP contribution in [0.15, 0.2) is 12.3 Å². The molecule has 1 atom stereocenters. The lowest BCUT2D eigenvalue weighted by molar-refractivity contribution is -0.129. The van der Waals surface area contributed by atoms with Gasteiger partial charge < -0.3 is 24.8 Å². The van der Waals surface area contributed by atoms with E-state index in [9.17, 15) is 14.0 Å². The fourth-order valence-electron chi connectivity index (χ4n) is 4.28. The molecular weight excluding hydrogens is 453 g/mol. The van der Waals surface area contributed by atoms with Crippen molar-refractivity contribution in [2.24, 2.45) is 0 Å². The monoisotopic (exact) mass is 485 g/mol. The number of amides is 2. The van der Waals surface area contributed by atoms with Crippen molar-refractivity contribution in [2.45, 2.75) is 53.2 Å². The van der Waals surface area contributed by atoms with E-state index in [0.29, 0.717) is 62.4 Å². The first kappa shape index (κ1) is 24.6. The summed E-state index contributed by atoms with van der Waals surface area (Å²) in [6.45, 7) is 12.1. The Kier molecular flexibility index (Phi) is 7.04. The van der Waals surface area contributed by atoms with E-state index < -0.39 is 5.82 Å². The zero-order chi connectivity index (χ0) is 25.3. The standard InChI is InChI=1S/C24H32FN7O3/c1-6-35-22-19(25)11-17(12-26-22)15(4)27-21-18-13-32(14(2)3)23(34)20(18)28-24(29-21)31-9-7-30(8-10-31)16(5)33/h11-12,14-15H,6-10,13H2,1-5H3,(H,27,28,29). The number of rotatable bonds is 7. The molecule has 1 N–H and O–H groups in total. The van der Waals surface area contributed by atoms with Crippen LogP contribution < -0.4 is 15.0 Å². The number of halogens is 1. The Bertz CT molecular complexity index is 1120. The second-order valence-corrected chi connectivity index (χ2v) is 9.07. The molecule has 0 spiro atoms. The Morgan fingerprint density at radius 3 is 2.51 bits per heavy atom. The molecule has 1 fully saturated rings. The van der Waals surface area contributed by atoms with E-state index in [1.54, 1.807) is 29.8 Å². The molecular formula is C24H32FN7O3. The fraction of sp³-hybridized carbons (Fsp3) is 0.542. The number of ether oxygens (including phenoxy) is 1. The second-order valence-electron chi connectivity index (χ2n) is 9.07. The van der Waals surface area contributed by atoms with Gasteiger partial charge in [0.2, 0.25) is 17.7 Å². The van der Waals surface area contributed by atoms with Crippen LogP contribution in [-0.2, 0) is 11.3 Å². The fourth-order valence-corrected chi connectivity index (χ4v) is 4.28. The van der Waals surface area contributed by atoms with Gasteiger partial charge in [-0.3, -0.25) is 9.59 Å². The molecule has 1 saturated heterocycles. The van der Waals surface area contributed by atoms with Crippen LogP contribution in [0.5, 0.6) is 5.88 Å². The van der Waals surface area contributed by atoms with Crippen molar-refractivity contribution in [2.75, 3.05) is 43.0 Å². The van der Waals surface area contributed by atoms with E-state index in [1.165, 1.54) is 6.07 Å². The molecule has 0 aliphatic carbocycles. The summed E-state index contributed by atoms with van der Waals surface area (Å²) in [5, 5.41) is 3.36. The van der Waals surface area contributed by atoms with E-state index in [2.05, 4.69) is 15.3 Å². The van der Waals surface area contributed by atoms with Gasteiger partial charge in [-0.05, 0) is 39.3 Å². The topological polar surface area (TPSA) is 104 Å². The number of carbonyl (C=O) groups excluding carboxylic acids is 2. The molecule has 0 aromatic carbocycles. The normalized spacial score (nSPS) is 16.5. The van der Waals surface area contributed by atoms with Crippen molar-refractivity contribution in [1.82, 2.24) is 24.8 Å². The molecule has 2 aromatic rings. The van der Waals surface area contributed by atoms with Crippen LogP contribution in [0.4, 0.5) is 16.2 Å². The Labute approximate surface area is 204 Å². The van der Waals surface area contributed by atoms with Gasteiger partial charge in [0.05, 0.1) is 19.2 Å². The largest absolute Gasteiger partial charge is 0.476 e. The predicted octanol–water partition coefficient (Wildman–Crippen LogP) is 2.62. The first-order chi connectivity index (χ1) is 16.7. The number of hydrogen-bond acceptors (Lipinski definition) is 8. The summed E-state index contributed by atoms with van der Waals surface area (Å²) in [6.07, 6.45) is 1.57. The lowest BCUT2D eigenvalue weighted by Crippen LogP contribution is -2.48. The van der Waals surface area contributed by atoms with Gasteiger partial charge in [0.1, 0.15) is 11.5 Å². The number of fused-ring (bicyclic) bond motifs is 1. The number of aromatic nitrogens is 3. The first-order valence-electron chi connectivity index (χ1n) is 12.0. The molecule has 4 heterocycles. The highest BCUT2D eigenvalue weighted by Crippen LogP contribution is 2.33. The number of carbonyl (C=O) groups is 2. The molecule has 10 nitrogen and oxygen atoms in total. The van der Waals surface area contributed by atoms with Crippen LogP contribution in [0.2, 0.25) is 0 Å². The van der Waals surface area contributed by atoms with Gasteiger partial charge in [-0.2, -0.15) is 4.98 Å². The molecule has 4 rings (SSSR count).